The smallest absolute Gasteiger partial charge is 0.0155 e. The summed E-state index contributed by atoms with van der Waals surface area (Å²) >= 11 is 0. The van der Waals surface area contributed by atoms with Crippen molar-refractivity contribution in [3.05, 3.63) is 0 Å². The summed E-state index contributed by atoms with van der Waals surface area (Å²) in [5.74, 6) is 0. The molecule has 0 aromatic rings. The summed E-state index contributed by atoms with van der Waals surface area (Å²) in [6.07, 6.45) is 11.0. The van der Waals surface area contributed by atoms with Gasteiger partial charge >= 0.3 is 0 Å². The minimum atomic E-state index is 0.289. The van der Waals surface area contributed by atoms with Crippen molar-refractivity contribution < 1.29 is 0 Å². The van der Waals surface area contributed by atoms with Crippen LogP contribution >= 0.6 is 0 Å². The van der Waals surface area contributed by atoms with Gasteiger partial charge in [0.25, 0.3) is 0 Å². The van der Waals surface area contributed by atoms with Gasteiger partial charge in [0.15, 0.2) is 0 Å². The Hall–Kier alpha value is -0.0400. The van der Waals surface area contributed by atoms with Gasteiger partial charge < -0.3 is 5.73 Å². The summed E-state index contributed by atoms with van der Waals surface area (Å²) in [6, 6.07) is 0. The van der Waals surface area contributed by atoms with Crippen LogP contribution in [0.25, 0.3) is 0 Å². The van der Waals surface area contributed by atoms with Crippen LogP contribution in [0.4, 0.5) is 0 Å². The van der Waals surface area contributed by atoms with Crippen LogP contribution in [0.5, 0.6) is 0 Å². The molecule has 12 heavy (non-hydrogen) atoms. The van der Waals surface area contributed by atoms with E-state index in [9.17, 15) is 0 Å². The van der Waals surface area contributed by atoms with Gasteiger partial charge in [0.05, 0.1) is 0 Å². The van der Waals surface area contributed by atoms with E-state index in [0.717, 1.165) is 5.41 Å². The maximum absolute atomic E-state index is 6.09. The molecule has 0 aromatic carbocycles. The number of hydrogen-bond acceptors (Lipinski definition) is 1. The second-order valence-corrected chi connectivity index (χ2v) is 5.07. The lowest BCUT2D eigenvalue weighted by atomic mass is 9.64. The Morgan fingerprint density at radius 2 is 1.75 bits per heavy atom. The van der Waals surface area contributed by atoms with E-state index >= 15 is 0 Å². The third-order valence-corrected chi connectivity index (χ3v) is 4.21. The van der Waals surface area contributed by atoms with Crippen LogP contribution in [0, 0.1) is 5.41 Å². The maximum Gasteiger partial charge on any atom is 0.0155 e. The molecular formula is C11H21N. The van der Waals surface area contributed by atoms with Gasteiger partial charge in [0.2, 0.25) is 0 Å². The minimum absolute atomic E-state index is 0.289. The summed E-state index contributed by atoms with van der Waals surface area (Å²) < 4.78 is 0. The molecule has 70 valence electrons. The molecular weight excluding hydrogens is 146 g/mol. The first-order chi connectivity index (χ1) is 5.68. The monoisotopic (exact) mass is 167 g/mol. The average Bonchev–Trinajstić information content (AvgIpc) is 2.68. The van der Waals surface area contributed by atoms with Crippen LogP contribution < -0.4 is 5.73 Å². The summed E-state index contributed by atoms with van der Waals surface area (Å²) in [7, 11) is 0. The molecule has 0 bridgehead atoms. The third kappa shape index (κ3) is 1.52. The molecule has 2 rings (SSSR count). The zero-order valence-corrected chi connectivity index (χ0v) is 8.23. The third-order valence-electron chi connectivity index (χ3n) is 4.21. The SMILES string of the molecule is CCC1(CCC2(N)CC2)CCC1. The van der Waals surface area contributed by atoms with Crippen molar-refractivity contribution in [1.82, 2.24) is 0 Å². The Bertz CT molecular complexity index is 160. The Balaban J connectivity index is 1.77. The highest BCUT2D eigenvalue weighted by atomic mass is 14.8. The maximum atomic E-state index is 6.09. The van der Waals surface area contributed by atoms with Crippen molar-refractivity contribution in [2.75, 3.05) is 0 Å². The highest BCUT2D eigenvalue weighted by Gasteiger charge is 2.42. The van der Waals surface area contributed by atoms with E-state index in [1.807, 2.05) is 0 Å². The zero-order chi connectivity index (χ0) is 8.66. The van der Waals surface area contributed by atoms with Crippen molar-refractivity contribution in [3.8, 4) is 0 Å². The number of nitrogens with two attached hydrogens (primary N) is 1. The van der Waals surface area contributed by atoms with Gasteiger partial charge in [-0.05, 0) is 43.9 Å². The molecule has 2 fully saturated rings. The van der Waals surface area contributed by atoms with Gasteiger partial charge in [-0.2, -0.15) is 0 Å². The largest absolute Gasteiger partial charge is 0.325 e. The van der Waals surface area contributed by atoms with Crippen molar-refractivity contribution in [2.24, 2.45) is 11.1 Å². The van der Waals surface area contributed by atoms with Crippen molar-refractivity contribution >= 4 is 0 Å². The predicted octanol–water partition coefficient (Wildman–Crippen LogP) is 2.84. The molecule has 0 aromatic heterocycles. The molecule has 0 spiro atoms. The van der Waals surface area contributed by atoms with Crippen molar-refractivity contribution in [3.63, 3.8) is 0 Å². The highest BCUT2D eigenvalue weighted by Crippen LogP contribution is 2.50. The van der Waals surface area contributed by atoms with E-state index in [-0.39, 0.29) is 5.54 Å². The second-order valence-electron chi connectivity index (χ2n) is 5.07. The Labute approximate surface area is 75.7 Å². The van der Waals surface area contributed by atoms with Crippen LogP contribution in [0.1, 0.15) is 58.3 Å². The molecule has 0 aliphatic heterocycles. The quantitative estimate of drug-likeness (QED) is 0.684. The first kappa shape index (κ1) is 8.55. The second kappa shape index (κ2) is 2.73. The number of hydrogen-bond donors (Lipinski definition) is 1. The van der Waals surface area contributed by atoms with Crippen molar-refractivity contribution in [2.45, 2.75) is 63.8 Å². The van der Waals surface area contributed by atoms with Gasteiger partial charge in [0, 0.05) is 5.54 Å². The van der Waals surface area contributed by atoms with Gasteiger partial charge in [-0.3, -0.25) is 0 Å². The standard InChI is InChI=1S/C11H21N/c1-2-10(4-3-5-10)6-7-11(12)8-9-11/h2-9,12H2,1H3. The highest BCUT2D eigenvalue weighted by molar-refractivity contribution is 5.00. The van der Waals surface area contributed by atoms with E-state index in [1.54, 1.807) is 0 Å². The fourth-order valence-electron chi connectivity index (χ4n) is 2.38. The van der Waals surface area contributed by atoms with Crippen LogP contribution in [0.3, 0.4) is 0 Å². The molecule has 0 heterocycles. The van der Waals surface area contributed by atoms with Gasteiger partial charge in [-0.15, -0.1) is 0 Å². The molecule has 1 heteroatoms. The van der Waals surface area contributed by atoms with E-state index in [0.29, 0.717) is 0 Å². The fourth-order valence-corrected chi connectivity index (χ4v) is 2.38. The van der Waals surface area contributed by atoms with Crippen LogP contribution in [0.2, 0.25) is 0 Å². The fraction of sp³-hybridized carbons (Fsp3) is 1.00. The Morgan fingerprint density at radius 3 is 2.08 bits per heavy atom. The van der Waals surface area contributed by atoms with E-state index in [4.69, 9.17) is 5.73 Å². The molecule has 2 N–H and O–H groups in total. The molecule has 1 nitrogen and oxygen atoms in total. The molecule has 0 radical (unpaired) electrons. The first-order valence-corrected chi connectivity index (χ1v) is 5.47. The van der Waals surface area contributed by atoms with E-state index in [2.05, 4.69) is 6.92 Å². The minimum Gasteiger partial charge on any atom is -0.325 e. The Kier molecular flexibility index (Phi) is 1.95. The lowest BCUT2D eigenvalue weighted by Crippen LogP contribution is -2.32. The lowest BCUT2D eigenvalue weighted by Gasteiger charge is -2.42. The van der Waals surface area contributed by atoms with Crippen LogP contribution in [0.15, 0.2) is 0 Å². The molecule has 2 aliphatic rings. The van der Waals surface area contributed by atoms with E-state index in [1.165, 1.54) is 51.4 Å². The summed E-state index contributed by atoms with van der Waals surface area (Å²) in [6.45, 7) is 2.34. The van der Waals surface area contributed by atoms with E-state index < -0.39 is 0 Å². The van der Waals surface area contributed by atoms with Gasteiger partial charge in [-0.1, -0.05) is 19.8 Å². The molecule has 2 aliphatic carbocycles. The molecule has 2 saturated carbocycles. The summed E-state index contributed by atoms with van der Waals surface area (Å²) in [5.41, 5.74) is 7.11. The summed E-state index contributed by atoms with van der Waals surface area (Å²) in [5, 5.41) is 0. The van der Waals surface area contributed by atoms with Gasteiger partial charge in [-0.25, -0.2) is 0 Å². The molecule has 0 saturated heterocycles. The normalized spacial score (nSPS) is 29.5. The first-order valence-electron chi connectivity index (χ1n) is 5.47. The topological polar surface area (TPSA) is 26.0 Å². The van der Waals surface area contributed by atoms with Crippen LogP contribution in [-0.4, -0.2) is 5.54 Å². The Morgan fingerprint density at radius 1 is 1.08 bits per heavy atom. The molecule has 0 amide bonds. The average molecular weight is 167 g/mol. The molecule has 0 unspecified atom stereocenters. The van der Waals surface area contributed by atoms with Gasteiger partial charge in [0.1, 0.15) is 0 Å². The van der Waals surface area contributed by atoms with Crippen molar-refractivity contribution in [1.29, 1.82) is 0 Å². The lowest BCUT2D eigenvalue weighted by molar-refractivity contribution is 0.106. The van der Waals surface area contributed by atoms with Crippen LogP contribution in [-0.2, 0) is 0 Å². The summed E-state index contributed by atoms with van der Waals surface area (Å²) in [4.78, 5) is 0. The predicted molar refractivity (Wildman–Crippen MR) is 52.0 cm³/mol. The number of rotatable bonds is 4. The zero-order valence-electron chi connectivity index (χ0n) is 8.23. The molecule has 0 atom stereocenters.